The van der Waals surface area contributed by atoms with Gasteiger partial charge in [0.25, 0.3) is 0 Å². The molecule has 0 radical (unpaired) electrons. The second-order valence-corrected chi connectivity index (χ2v) is 5.87. The Labute approximate surface area is 105 Å². The molecule has 0 spiro atoms. The maximum atomic E-state index is 13.7. The van der Waals surface area contributed by atoms with Crippen LogP contribution in [0.3, 0.4) is 0 Å². The summed E-state index contributed by atoms with van der Waals surface area (Å²) >= 11 is 0. The third-order valence-electron chi connectivity index (χ3n) is 2.49. The number of halogens is 1. The Kier molecular flexibility index (Phi) is 4.42. The van der Waals surface area contributed by atoms with Crippen LogP contribution in [0.4, 0.5) is 4.39 Å². The van der Waals surface area contributed by atoms with E-state index in [1.807, 2.05) is 0 Å². The number of hydrogen-bond donors (Lipinski definition) is 1. The van der Waals surface area contributed by atoms with Gasteiger partial charge < -0.3 is 5.11 Å². The zero-order valence-corrected chi connectivity index (χ0v) is 10.9. The Balaban J connectivity index is 3.06. The van der Waals surface area contributed by atoms with Crippen molar-refractivity contribution in [1.29, 1.82) is 0 Å². The van der Waals surface area contributed by atoms with E-state index in [1.54, 1.807) is 0 Å². The topological polar surface area (TPSA) is 74.7 Å². The standard InChI is InChI=1S/C11H14FNO4S/c1-8-4-3-5-9(11(8)12)18(16,17)13(2)7-6-10(14)15/h3-5H,6-7H2,1-2H3,(H,14,15). The van der Waals surface area contributed by atoms with Crippen molar-refractivity contribution in [2.75, 3.05) is 13.6 Å². The van der Waals surface area contributed by atoms with Gasteiger partial charge in [0.1, 0.15) is 10.7 Å². The van der Waals surface area contributed by atoms with Gasteiger partial charge in [0, 0.05) is 13.6 Å². The van der Waals surface area contributed by atoms with Gasteiger partial charge >= 0.3 is 5.97 Å². The first kappa shape index (κ1) is 14.6. The predicted octanol–water partition coefficient (Wildman–Crippen LogP) is 1.23. The number of hydrogen-bond acceptors (Lipinski definition) is 3. The van der Waals surface area contributed by atoms with Crippen molar-refractivity contribution in [3.8, 4) is 0 Å². The van der Waals surface area contributed by atoms with E-state index in [-0.39, 0.29) is 18.5 Å². The first-order valence-electron chi connectivity index (χ1n) is 5.20. The number of sulfonamides is 1. The van der Waals surface area contributed by atoms with Gasteiger partial charge in [-0.3, -0.25) is 4.79 Å². The molecule has 0 heterocycles. The lowest BCUT2D eigenvalue weighted by atomic mass is 10.2. The highest BCUT2D eigenvalue weighted by atomic mass is 32.2. The normalized spacial score (nSPS) is 11.8. The van der Waals surface area contributed by atoms with Crippen LogP contribution in [-0.2, 0) is 14.8 Å². The maximum absolute atomic E-state index is 13.7. The van der Waals surface area contributed by atoms with Gasteiger partial charge in [0.15, 0.2) is 0 Å². The maximum Gasteiger partial charge on any atom is 0.304 e. The number of aliphatic carboxylic acids is 1. The molecule has 0 unspecified atom stereocenters. The van der Waals surface area contributed by atoms with Gasteiger partial charge in [-0.05, 0) is 18.6 Å². The smallest absolute Gasteiger partial charge is 0.304 e. The zero-order valence-electron chi connectivity index (χ0n) is 10.1. The Morgan fingerprint density at radius 2 is 2.06 bits per heavy atom. The molecule has 18 heavy (non-hydrogen) atoms. The fourth-order valence-electron chi connectivity index (χ4n) is 1.36. The number of carboxylic acids is 1. The average molecular weight is 275 g/mol. The minimum Gasteiger partial charge on any atom is -0.481 e. The van der Waals surface area contributed by atoms with Crippen molar-refractivity contribution in [2.45, 2.75) is 18.2 Å². The highest BCUT2D eigenvalue weighted by molar-refractivity contribution is 7.89. The van der Waals surface area contributed by atoms with Crippen LogP contribution in [0.25, 0.3) is 0 Å². The fraction of sp³-hybridized carbons (Fsp3) is 0.364. The van der Waals surface area contributed by atoms with Crippen LogP contribution in [0.1, 0.15) is 12.0 Å². The van der Waals surface area contributed by atoms with Crippen LogP contribution in [0, 0.1) is 12.7 Å². The molecule has 0 atom stereocenters. The average Bonchev–Trinajstić information content (AvgIpc) is 2.29. The molecule has 0 amide bonds. The van der Waals surface area contributed by atoms with Crippen molar-refractivity contribution < 1.29 is 22.7 Å². The first-order chi connectivity index (χ1) is 8.26. The fourth-order valence-corrected chi connectivity index (χ4v) is 2.67. The second-order valence-electron chi connectivity index (χ2n) is 3.86. The quantitative estimate of drug-likeness (QED) is 0.877. The first-order valence-corrected chi connectivity index (χ1v) is 6.64. The van der Waals surface area contributed by atoms with E-state index in [0.29, 0.717) is 0 Å². The summed E-state index contributed by atoms with van der Waals surface area (Å²) in [4.78, 5) is 9.96. The molecule has 1 aromatic carbocycles. The van der Waals surface area contributed by atoms with E-state index >= 15 is 0 Å². The van der Waals surface area contributed by atoms with Crippen molar-refractivity contribution >= 4 is 16.0 Å². The molecule has 0 fully saturated rings. The molecule has 0 aliphatic heterocycles. The van der Waals surface area contributed by atoms with Crippen LogP contribution in [-0.4, -0.2) is 37.4 Å². The molecule has 1 rings (SSSR count). The summed E-state index contributed by atoms with van der Waals surface area (Å²) in [6, 6.07) is 4.07. The van der Waals surface area contributed by atoms with Crippen LogP contribution in [0.2, 0.25) is 0 Å². The molecular formula is C11H14FNO4S. The summed E-state index contributed by atoms with van der Waals surface area (Å²) in [6.45, 7) is 1.26. The number of carboxylic acid groups (broad SMARTS) is 1. The van der Waals surface area contributed by atoms with E-state index in [1.165, 1.54) is 26.1 Å². The van der Waals surface area contributed by atoms with E-state index in [2.05, 4.69) is 0 Å². The minimum absolute atomic E-state index is 0.203. The lowest BCUT2D eigenvalue weighted by molar-refractivity contribution is -0.137. The van der Waals surface area contributed by atoms with Crippen LogP contribution >= 0.6 is 0 Å². The highest BCUT2D eigenvalue weighted by Crippen LogP contribution is 2.20. The molecule has 0 aromatic heterocycles. The van der Waals surface area contributed by atoms with Crippen molar-refractivity contribution in [3.63, 3.8) is 0 Å². The largest absolute Gasteiger partial charge is 0.481 e. The lowest BCUT2D eigenvalue weighted by Gasteiger charge is -2.17. The van der Waals surface area contributed by atoms with E-state index in [4.69, 9.17) is 5.11 Å². The summed E-state index contributed by atoms with van der Waals surface area (Å²) in [5, 5.41) is 8.50. The number of benzene rings is 1. The molecule has 7 heteroatoms. The van der Waals surface area contributed by atoms with E-state index < -0.39 is 26.7 Å². The summed E-state index contributed by atoms with van der Waals surface area (Å²) < 4.78 is 38.6. The van der Waals surface area contributed by atoms with E-state index in [9.17, 15) is 17.6 Å². The SMILES string of the molecule is Cc1cccc(S(=O)(=O)N(C)CCC(=O)O)c1F. The molecule has 1 N–H and O–H groups in total. The highest BCUT2D eigenvalue weighted by Gasteiger charge is 2.25. The summed E-state index contributed by atoms with van der Waals surface area (Å²) in [6.07, 6.45) is -0.330. The molecule has 0 saturated carbocycles. The van der Waals surface area contributed by atoms with Crippen LogP contribution in [0.15, 0.2) is 23.1 Å². The number of aryl methyl sites for hydroxylation is 1. The Morgan fingerprint density at radius 1 is 1.44 bits per heavy atom. The number of nitrogens with zero attached hydrogens (tertiary/aromatic N) is 1. The zero-order chi connectivity index (χ0) is 13.9. The van der Waals surface area contributed by atoms with Gasteiger partial charge in [0.2, 0.25) is 10.0 Å². The van der Waals surface area contributed by atoms with E-state index in [0.717, 1.165) is 10.4 Å². The van der Waals surface area contributed by atoms with Gasteiger partial charge in [-0.15, -0.1) is 0 Å². The summed E-state index contributed by atoms with van der Waals surface area (Å²) in [7, 11) is -2.77. The Bertz CT molecular complexity index is 556. The molecule has 0 aliphatic carbocycles. The molecule has 0 bridgehead atoms. The third-order valence-corrected chi connectivity index (χ3v) is 4.36. The molecule has 0 aliphatic rings. The number of carbonyl (C=O) groups is 1. The monoisotopic (exact) mass is 275 g/mol. The predicted molar refractivity (Wildman–Crippen MR) is 63.2 cm³/mol. The third kappa shape index (κ3) is 3.05. The van der Waals surface area contributed by atoms with Crippen molar-refractivity contribution in [3.05, 3.63) is 29.6 Å². The minimum atomic E-state index is -3.99. The molecule has 100 valence electrons. The molecule has 5 nitrogen and oxygen atoms in total. The number of rotatable bonds is 5. The second kappa shape index (κ2) is 5.45. The van der Waals surface area contributed by atoms with Gasteiger partial charge in [-0.1, -0.05) is 12.1 Å². The van der Waals surface area contributed by atoms with Gasteiger partial charge in [-0.25, -0.2) is 17.1 Å². The van der Waals surface area contributed by atoms with Crippen molar-refractivity contribution in [1.82, 2.24) is 4.31 Å². The summed E-state index contributed by atoms with van der Waals surface area (Å²) in [5.41, 5.74) is 0.225. The Hall–Kier alpha value is -1.47. The van der Waals surface area contributed by atoms with Gasteiger partial charge in [0.05, 0.1) is 6.42 Å². The molecular weight excluding hydrogens is 261 g/mol. The van der Waals surface area contributed by atoms with Crippen LogP contribution in [0.5, 0.6) is 0 Å². The molecule has 0 saturated heterocycles. The van der Waals surface area contributed by atoms with Gasteiger partial charge in [-0.2, -0.15) is 0 Å². The molecule has 1 aromatic rings. The lowest BCUT2D eigenvalue weighted by Crippen LogP contribution is -2.30. The Morgan fingerprint density at radius 3 is 2.61 bits per heavy atom. The summed E-state index contributed by atoms with van der Waals surface area (Å²) in [5.74, 6) is -1.92. The van der Waals surface area contributed by atoms with Crippen LogP contribution < -0.4 is 0 Å². The van der Waals surface area contributed by atoms with Crippen molar-refractivity contribution in [2.24, 2.45) is 0 Å².